The van der Waals surface area contributed by atoms with Gasteiger partial charge in [-0.1, -0.05) is 32.9 Å². The number of hydrogen-bond acceptors (Lipinski definition) is 5. The van der Waals surface area contributed by atoms with Gasteiger partial charge in [0.05, 0.1) is 12.7 Å². The van der Waals surface area contributed by atoms with Gasteiger partial charge < -0.3 is 19.5 Å². The first kappa shape index (κ1) is 21.4. The summed E-state index contributed by atoms with van der Waals surface area (Å²) in [6, 6.07) is 7.64. The highest BCUT2D eigenvalue weighted by atomic mass is 16.6. The number of nitrogens with one attached hydrogen (secondary N) is 1. The number of esters is 1. The Labute approximate surface area is 161 Å². The van der Waals surface area contributed by atoms with Gasteiger partial charge in [-0.05, 0) is 49.8 Å². The number of ether oxygens (including phenoxy) is 3. The van der Waals surface area contributed by atoms with Crippen LogP contribution in [0.3, 0.4) is 0 Å². The summed E-state index contributed by atoms with van der Waals surface area (Å²) >= 11 is 0. The summed E-state index contributed by atoms with van der Waals surface area (Å²) in [6.45, 7) is 8.48. The highest BCUT2D eigenvalue weighted by molar-refractivity contribution is 5.95. The van der Waals surface area contributed by atoms with Gasteiger partial charge >= 0.3 is 5.97 Å². The fourth-order valence-electron chi connectivity index (χ4n) is 2.89. The average molecular weight is 377 g/mol. The monoisotopic (exact) mass is 377 g/mol. The molecule has 2 rings (SSSR count). The number of aryl methyl sites for hydroxylation is 1. The van der Waals surface area contributed by atoms with Gasteiger partial charge in [0.25, 0.3) is 5.91 Å². The molecule has 0 spiro atoms. The predicted octanol–water partition coefficient (Wildman–Crippen LogP) is 3.34. The fourth-order valence-corrected chi connectivity index (χ4v) is 2.89. The molecular formula is C21H31NO5. The van der Waals surface area contributed by atoms with Crippen molar-refractivity contribution >= 4 is 17.6 Å². The molecule has 1 heterocycles. The Morgan fingerprint density at radius 2 is 2.07 bits per heavy atom. The van der Waals surface area contributed by atoms with E-state index < -0.39 is 18.2 Å². The second-order valence-electron chi connectivity index (χ2n) is 7.26. The van der Waals surface area contributed by atoms with Crippen molar-refractivity contribution < 1.29 is 23.8 Å². The van der Waals surface area contributed by atoms with Crippen molar-refractivity contribution in [2.45, 2.75) is 65.3 Å². The molecule has 6 nitrogen and oxygen atoms in total. The molecule has 1 amide bonds. The lowest BCUT2D eigenvalue weighted by atomic mass is 10.1. The van der Waals surface area contributed by atoms with E-state index >= 15 is 0 Å². The van der Waals surface area contributed by atoms with E-state index in [1.54, 1.807) is 6.92 Å². The number of amides is 1. The average Bonchev–Trinajstić information content (AvgIpc) is 3.17. The molecule has 0 aromatic heterocycles. The number of anilines is 1. The lowest BCUT2D eigenvalue weighted by Crippen LogP contribution is -2.39. The zero-order chi connectivity index (χ0) is 19.8. The third-order valence-corrected chi connectivity index (χ3v) is 4.60. The Hall–Kier alpha value is -1.92. The van der Waals surface area contributed by atoms with E-state index in [0.29, 0.717) is 12.3 Å². The van der Waals surface area contributed by atoms with Crippen LogP contribution in [0, 0.1) is 5.92 Å². The minimum absolute atomic E-state index is 0.0373. The summed E-state index contributed by atoms with van der Waals surface area (Å²) in [6.07, 6.45) is 1.25. The standard InChI is InChI=1S/C21H31NO5/c1-5-16-8-6-9-17(12-16)22-20(23)19(14(2)3)27-21(24)15(4)26-13-18-10-7-11-25-18/h6,8-9,12,14-15,18-19H,5,7,10-11,13H2,1-4H3,(H,22,23). The largest absolute Gasteiger partial charge is 0.450 e. The number of hydrogen-bond donors (Lipinski definition) is 1. The van der Waals surface area contributed by atoms with Crippen LogP contribution in [0.4, 0.5) is 5.69 Å². The van der Waals surface area contributed by atoms with Gasteiger partial charge in [-0.25, -0.2) is 4.79 Å². The maximum Gasteiger partial charge on any atom is 0.335 e. The van der Waals surface area contributed by atoms with Crippen LogP contribution in [-0.4, -0.2) is 43.4 Å². The van der Waals surface area contributed by atoms with Crippen molar-refractivity contribution in [2.24, 2.45) is 5.92 Å². The first-order valence-electron chi connectivity index (χ1n) is 9.74. The lowest BCUT2D eigenvalue weighted by Gasteiger charge is -2.23. The van der Waals surface area contributed by atoms with Crippen LogP contribution in [-0.2, 0) is 30.2 Å². The van der Waals surface area contributed by atoms with E-state index in [2.05, 4.69) is 12.2 Å². The van der Waals surface area contributed by atoms with Crippen LogP contribution >= 0.6 is 0 Å². The van der Waals surface area contributed by atoms with Crippen LogP contribution in [0.1, 0.15) is 46.1 Å². The normalized spacial score (nSPS) is 18.9. The summed E-state index contributed by atoms with van der Waals surface area (Å²) in [5.41, 5.74) is 1.82. The Morgan fingerprint density at radius 1 is 1.30 bits per heavy atom. The first-order chi connectivity index (χ1) is 12.9. The summed E-state index contributed by atoms with van der Waals surface area (Å²) in [5.74, 6) is -1.03. The minimum Gasteiger partial charge on any atom is -0.450 e. The van der Waals surface area contributed by atoms with Gasteiger partial charge in [0.1, 0.15) is 0 Å². The maximum atomic E-state index is 12.6. The molecule has 0 radical (unpaired) electrons. The van der Waals surface area contributed by atoms with Crippen LogP contribution in [0.2, 0.25) is 0 Å². The van der Waals surface area contributed by atoms with Crippen LogP contribution in [0.15, 0.2) is 24.3 Å². The van der Waals surface area contributed by atoms with Gasteiger partial charge in [-0.2, -0.15) is 0 Å². The third kappa shape index (κ3) is 6.63. The number of carbonyl (C=O) groups excluding carboxylic acids is 2. The molecule has 1 N–H and O–H groups in total. The quantitative estimate of drug-likeness (QED) is 0.668. The van der Waals surface area contributed by atoms with Crippen LogP contribution < -0.4 is 5.32 Å². The van der Waals surface area contributed by atoms with Crippen LogP contribution in [0.5, 0.6) is 0 Å². The van der Waals surface area contributed by atoms with Gasteiger partial charge in [-0.3, -0.25) is 4.79 Å². The Balaban J connectivity index is 1.90. The molecule has 1 aliphatic heterocycles. The van der Waals surface area contributed by atoms with Crippen molar-refractivity contribution in [3.63, 3.8) is 0 Å². The van der Waals surface area contributed by atoms with Crippen LogP contribution in [0.25, 0.3) is 0 Å². The number of rotatable bonds is 9. The van der Waals surface area contributed by atoms with E-state index in [1.807, 2.05) is 38.1 Å². The maximum absolute atomic E-state index is 12.6. The van der Waals surface area contributed by atoms with E-state index in [4.69, 9.17) is 14.2 Å². The molecule has 0 bridgehead atoms. The Morgan fingerprint density at radius 3 is 2.70 bits per heavy atom. The van der Waals surface area contributed by atoms with Crippen molar-refractivity contribution in [1.29, 1.82) is 0 Å². The second kappa shape index (κ2) is 10.4. The fraction of sp³-hybridized carbons (Fsp3) is 0.619. The van der Waals surface area contributed by atoms with E-state index in [-0.39, 0.29) is 17.9 Å². The molecule has 3 unspecified atom stereocenters. The number of benzene rings is 1. The van der Waals surface area contributed by atoms with E-state index in [0.717, 1.165) is 31.4 Å². The molecular weight excluding hydrogens is 346 g/mol. The molecule has 6 heteroatoms. The molecule has 150 valence electrons. The third-order valence-electron chi connectivity index (χ3n) is 4.60. The Kier molecular flexibility index (Phi) is 8.25. The zero-order valence-corrected chi connectivity index (χ0v) is 16.7. The minimum atomic E-state index is -0.878. The van der Waals surface area contributed by atoms with Crippen molar-refractivity contribution in [1.82, 2.24) is 0 Å². The van der Waals surface area contributed by atoms with E-state index in [9.17, 15) is 9.59 Å². The molecule has 1 fully saturated rings. The molecule has 0 aliphatic carbocycles. The van der Waals surface area contributed by atoms with Gasteiger partial charge in [0, 0.05) is 12.3 Å². The lowest BCUT2D eigenvalue weighted by molar-refractivity contribution is -0.168. The van der Waals surface area contributed by atoms with Gasteiger partial charge in [0.2, 0.25) is 0 Å². The smallest absolute Gasteiger partial charge is 0.335 e. The summed E-state index contributed by atoms with van der Waals surface area (Å²) in [7, 11) is 0. The second-order valence-corrected chi connectivity index (χ2v) is 7.26. The molecule has 1 saturated heterocycles. The van der Waals surface area contributed by atoms with Gasteiger partial charge in [-0.15, -0.1) is 0 Å². The zero-order valence-electron chi connectivity index (χ0n) is 16.7. The van der Waals surface area contributed by atoms with Crippen molar-refractivity contribution in [3.8, 4) is 0 Å². The predicted molar refractivity (Wildman–Crippen MR) is 104 cm³/mol. The number of carbonyl (C=O) groups is 2. The molecule has 3 atom stereocenters. The molecule has 27 heavy (non-hydrogen) atoms. The topological polar surface area (TPSA) is 73.9 Å². The highest BCUT2D eigenvalue weighted by Gasteiger charge is 2.29. The molecule has 1 aliphatic rings. The van der Waals surface area contributed by atoms with Crippen molar-refractivity contribution in [2.75, 3.05) is 18.5 Å². The Bertz CT molecular complexity index is 625. The summed E-state index contributed by atoms with van der Waals surface area (Å²) in [5, 5.41) is 2.84. The highest BCUT2D eigenvalue weighted by Crippen LogP contribution is 2.16. The molecule has 0 saturated carbocycles. The molecule has 1 aromatic rings. The van der Waals surface area contributed by atoms with Gasteiger partial charge in [0.15, 0.2) is 12.2 Å². The van der Waals surface area contributed by atoms with Crippen molar-refractivity contribution in [3.05, 3.63) is 29.8 Å². The molecule has 1 aromatic carbocycles. The first-order valence-corrected chi connectivity index (χ1v) is 9.74. The summed E-state index contributed by atoms with van der Waals surface area (Å²) < 4.78 is 16.5. The van der Waals surface area contributed by atoms with E-state index in [1.165, 1.54) is 0 Å². The SMILES string of the molecule is CCc1cccc(NC(=O)C(OC(=O)C(C)OCC2CCCO2)C(C)C)c1. The summed E-state index contributed by atoms with van der Waals surface area (Å²) in [4.78, 5) is 25.0.